The molecule has 2 atom stereocenters. The fraction of sp³-hybridized carbons (Fsp3) is 0.417. The first kappa shape index (κ1) is 14.9. The zero-order valence-electron chi connectivity index (χ0n) is 10.6. The molecule has 1 heterocycles. The number of hydrogen-bond acceptors (Lipinski definition) is 3. The highest BCUT2D eigenvalue weighted by molar-refractivity contribution is 7.89. The van der Waals surface area contributed by atoms with Crippen LogP contribution in [0.25, 0.3) is 0 Å². The summed E-state index contributed by atoms with van der Waals surface area (Å²) in [4.78, 5) is 11.0. The van der Waals surface area contributed by atoms with Crippen LogP contribution in [0.5, 0.6) is 0 Å². The van der Waals surface area contributed by atoms with Crippen molar-refractivity contribution in [2.75, 3.05) is 6.54 Å². The average molecular weight is 305 g/mol. The molecule has 1 aliphatic rings. The van der Waals surface area contributed by atoms with Crippen molar-refractivity contribution in [3.63, 3.8) is 0 Å². The van der Waals surface area contributed by atoms with Crippen LogP contribution in [-0.2, 0) is 14.8 Å². The second-order valence-electron chi connectivity index (χ2n) is 4.87. The standard InChI is InChI=1S/C12H13F2NO4S/c1-12(11(16)17)6-9(14)7-15(12)20(18,19)10-4-2-8(13)3-5-10/h2-5,9H,6-7H2,1H3,(H,16,17)/t9-,12?/m1/s1. The summed E-state index contributed by atoms with van der Waals surface area (Å²) in [6.07, 6.45) is -1.96. The summed E-state index contributed by atoms with van der Waals surface area (Å²) in [5, 5.41) is 9.18. The molecule has 1 aromatic carbocycles. The van der Waals surface area contributed by atoms with Crippen molar-refractivity contribution in [2.45, 2.75) is 30.0 Å². The van der Waals surface area contributed by atoms with Crippen molar-refractivity contribution < 1.29 is 27.1 Å². The number of alkyl halides is 1. The van der Waals surface area contributed by atoms with Crippen LogP contribution in [-0.4, -0.2) is 42.1 Å². The Hall–Kier alpha value is -1.54. The van der Waals surface area contributed by atoms with E-state index in [-0.39, 0.29) is 4.90 Å². The van der Waals surface area contributed by atoms with Crippen LogP contribution in [0.3, 0.4) is 0 Å². The van der Waals surface area contributed by atoms with E-state index in [1.54, 1.807) is 0 Å². The van der Waals surface area contributed by atoms with Gasteiger partial charge in [0, 0.05) is 13.0 Å². The number of rotatable bonds is 3. The van der Waals surface area contributed by atoms with Crippen molar-refractivity contribution >= 4 is 16.0 Å². The van der Waals surface area contributed by atoms with Crippen LogP contribution >= 0.6 is 0 Å². The lowest BCUT2D eigenvalue weighted by atomic mass is 10.0. The Kier molecular flexibility index (Phi) is 3.55. The normalized spacial score (nSPS) is 27.6. The van der Waals surface area contributed by atoms with Gasteiger partial charge >= 0.3 is 5.97 Å². The van der Waals surface area contributed by atoms with Crippen molar-refractivity contribution in [1.29, 1.82) is 0 Å². The third kappa shape index (κ3) is 2.29. The van der Waals surface area contributed by atoms with Crippen LogP contribution in [0, 0.1) is 5.82 Å². The van der Waals surface area contributed by atoms with Crippen molar-refractivity contribution in [2.24, 2.45) is 0 Å². The van der Waals surface area contributed by atoms with E-state index in [0.29, 0.717) is 4.31 Å². The number of nitrogens with zero attached hydrogens (tertiary/aromatic N) is 1. The van der Waals surface area contributed by atoms with Crippen molar-refractivity contribution in [1.82, 2.24) is 4.31 Å². The predicted molar refractivity (Wildman–Crippen MR) is 65.8 cm³/mol. The minimum atomic E-state index is -4.20. The molecule has 1 unspecified atom stereocenters. The number of hydrogen-bond donors (Lipinski definition) is 1. The Morgan fingerprint density at radius 2 is 1.95 bits per heavy atom. The molecule has 5 nitrogen and oxygen atoms in total. The second-order valence-corrected chi connectivity index (χ2v) is 6.73. The molecule has 0 radical (unpaired) electrons. The molecule has 0 spiro atoms. The Morgan fingerprint density at radius 3 is 2.45 bits per heavy atom. The van der Waals surface area contributed by atoms with E-state index in [1.165, 1.54) is 0 Å². The second kappa shape index (κ2) is 4.78. The van der Waals surface area contributed by atoms with Gasteiger partial charge in [0.2, 0.25) is 10.0 Å². The van der Waals surface area contributed by atoms with E-state index in [0.717, 1.165) is 31.2 Å². The lowest BCUT2D eigenvalue weighted by molar-refractivity contribution is -0.146. The van der Waals surface area contributed by atoms with Crippen LogP contribution < -0.4 is 0 Å². The Labute approximate surface area is 114 Å². The number of aliphatic carboxylic acids is 1. The van der Waals surface area contributed by atoms with Gasteiger partial charge in [0.15, 0.2) is 0 Å². The molecule has 0 aromatic heterocycles. The number of benzene rings is 1. The summed E-state index contributed by atoms with van der Waals surface area (Å²) in [6, 6.07) is 3.96. The lowest BCUT2D eigenvalue weighted by Crippen LogP contribution is -2.50. The number of carbonyl (C=O) groups is 1. The molecule has 0 aliphatic carbocycles. The molecule has 2 rings (SSSR count). The van der Waals surface area contributed by atoms with E-state index >= 15 is 0 Å². The third-order valence-electron chi connectivity index (χ3n) is 3.40. The highest BCUT2D eigenvalue weighted by atomic mass is 32.2. The van der Waals surface area contributed by atoms with Gasteiger partial charge in [-0.1, -0.05) is 0 Å². The molecule has 1 fully saturated rings. The van der Waals surface area contributed by atoms with E-state index in [4.69, 9.17) is 0 Å². The van der Waals surface area contributed by atoms with Crippen LogP contribution in [0.1, 0.15) is 13.3 Å². The summed E-state index contributed by atoms with van der Waals surface area (Å²) < 4.78 is 51.7. The first-order chi connectivity index (χ1) is 9.18. The van der Waals surface area contributed by atoms with E-state index < -0.39 is 46.5 Å². The van der Waals surface area contributed by atoms with Crippen LogP contribution in [0.2, 0.25) is 0 Å². The zero-order valence-corrected chi connectivity index (χ0v) is 11.4. The van der Waals surface area contributed by atoms with Crippen LogP contribution in [0.4, 0.5) is 8.78 Å². The summed E-state index contributed by atoms with van der Waals surface area (Å²) >= 11 is 0. The molecule has 1 saturated heterocycles. The largest absolute Gasteiger partial charge is 0.480 e. The zero-order chi connectivity index (χ0) is 15.1. The van der Waals surface area contributed by atoms with Gasteiger partial charge in [-0.3, -0.25) is 4.79 Å². The Morgan fingerprint density at radius 1 is 1.40 bits per heavy atom. The monoisotopic (exact) mass is 305 g/mol. The van der Waals surface area contributed by atoms with E-state index in [9.17, 15) is 27.1 Å². The predicted octanol–water partition coefficient (Wildman–Crippen LogP) is 1.40. The van der Waals surface area contributed by atoms with Crippen LogP contribution in [0.15, 0.2) is 29.2 Å². The SMILES string of the molecule is CC1(C(=O)O)C[C@@H](F)CN1S(=O)(=O)c1ccc(F)cc1. The number of carboxylic acid groups (broad SMARTS) is 1. The topological polar surface area (TPSA) is 74.7 Å². The van der Waals surface area contributed by atoms with Gasteiger partial charge in [0.1, 0.15) is 17.5 Å². The molecule has 8 heteroatoms. The Bertz CT molecular complexity index is 631. The van der Waals surface area contributed by atoms with Gasteiger partial charge in [0.05, 0.1) is 4.90 Å². The number of halogens is 2. The molecular formula is C12H13F2NO4S. The molecule has 1 aromatic rings. The molecule has 110 valence electrons. The Balaban J connectivity index is 2.48. The molecule has 1 N–H and O–H groups in total. The average Bonchev–Trinajstić information content (AvgIpc) is 2.67. The maximum absolute atomic E-state index is 13.5. The number of sulfonamides is 1. The fourth-order valence-electron chi connectivity index (χ4n) is 2.27. The third-order valence-corrected chi connectivity index (χ3v) is 5.40. The molecule has 0 amide bonds. The first-order valence-corrected chi connectivity index (χ1v) is 7.28. The summed E-state index contributed by atoms with van der Waals surface area (Å²) in [5.41, 5.74) is -1.84. The maximum atomic E-state index is 13.5. The maximum Gasteiger partial charge on any atom is 0.324 e. The molecule has 0 bridgehead atoms. The summed E-state index contributed by atoms with van der Waals surface area (Å²) in [7, 11) is -4.20. The van der Waals surface area contributed by atoms with E-state index in [2.05, 4.69) is 0 Å². The minimum absolute atomic E-state index is 0.263. The lowest BCUT2D eigenvalue weighted by Gasteiger charge is -2.29. The quantitative estimate of drug-likeness (QED) is 0.916. The van der Waals surface area contributed by atoms with E-state index in [1.807, 2.05) is 0 Å². The molecule has 1 aliphatic heterocycles. The molecular weight excluding hydrogens is 292 g/mol. The van der Waals surface area contributed by atoms with Gasteiger partial charge in [-0.25, -0.2) is 17.2 Å². The smallest absolute Gasteiger partial charge is 0.324 e. The van der Waals surface area contributed by atoms with Crippen molar-refractivity contribution in [3.05, 3.63) is 30.1 Å². The minimum Gasteiger partial charge on any atom is -0.480 e. The fourth-order valence-corrected chi connectivity index (χ4v) is 4.05. The van der Waals surface area contributed by atoms with Gasteiger partial charge < -0.3 is 5.11 Å². The highest BCUT2D eigenvalue weighted by Gasteiger charge is 2.53. The molecule has 0 saturated carbocycles. The van der Waals surface area contributed by atoms with Gasteiger partial charge in [-0.15, -0.1) is 0 Å². The summed E-state index contributed by atoms with van der Waals surface area (Å²) in [5.74, 6) is -2.03. The highest BCUT2D eigenvalue weighted by Crippen LogP contribution is 2.36. The van der Waals surface area contributed by atoms with Gasteiger partial charge in [-0.2, -0.15) is 4.31 Å². The first-order valence-electron chi connectivity index (χ1n) is 5.84. The number of carboxylic acids is 1. The van der Waals surface area contributed by atoms with Crippen molar-refractivity contribution in [3.8, 4) is 0 Å². The van der Waals surface area contributed by atoms with Gasteiger partial charge in [0.25, 0.3) is 0 Å². The van der Waals surface area contributed by atoms with Gasteiger partial charge in [-0.05, 0) is 31.2 Å². The summed E-state index contributed by atoms with van der Waals surface area (Å²) in [6.45, 7) is 0.637. The molecule has 20 heavy (non-hydrogen) atoms.